The summed E-state index contributed by atoms with van der Waals surface area (Å²) < 4.78 is 5.75. The summed E-state index contributed by atoms with van der Waals surface area (Å²) in [5, 5.41) is 3.67. The van der Waals surface area contributed by atoms with Crippen LogP contribution in [0.3, 0.4) is 0 Å². The van der Waals surface area contributed by atoms with Gasteiger partial charge in [-0.05, 0) is 37.4 Å². The van der Waals surface area contributed by atoms with E-state index >= 15 is 0 Å². The van der Waals surface area contributed by atoms with E-state index < -0.39 is 0 Å². The van der Waals surface area contributed by atoms with Gasteiger partial charge in [0, 0.05) is 28.3 Å². The average Bonchev–Trinajstić information content (AvgIpc) is 2.94. The molecule has 1 aromatic rings. The van der Waals surface area contributed by atoms with Crippen molar-refractivity contribution in [1.29, 1.82) is 0 Å². The third-order valence-electron chi connectivity index (χ3n) is 3.96. The van der Waals surface area contributed by atoms with Crippen molar-refractivity contribution in [3.63, 3.8) is 0 Å². The minimum Gasteiger partial charge on any atom is -0.378 e. The van der Waals surface area contributed by atoms with Crippen LogP contribution in [-0.2, 0) is 10.2 Å². The zero-order valence-electron chi connectivity index (χ0n) is 12.8. The first-order valence-corrected chi connectivity index (χ1v) is 8.20. The number of rotatable bonds is 4. The first kappa shape index (κ1) is 15.0. The molecule has 108 valence electrons. The maximum atomic E-state index is 5.75. The monoisotopic (exact) mass is 281 g/mol. The lowest BCUT2D eigenvalue weighted by molar-refractivity contribution is 0.0959. The molecule has 1 saturated heterocycles. The van der Waals surface area contributed by atoms with Crippen LogP contribution in [0.25, 0.3) is 0 Å². The van der Waals surface area contributed by atoms with Gasteiger partial charge in [0.2, 0.25) is 0 Å². The van der Waals surface area contributed by atoms with Crippen LogP contribution in [0, 0.1) is 5.92 Å². The molecule has 1 fully saturated rings. The number of thiophene rings is 1. The maximum Gasteiger partial charge on any atom is 0.0594 e. The van der Waals surface area contributed by atoms with E-state index in [-0.39, 0.29) is 5.41 Å². The summed E-state index contributed by atoms with van der Waals surface area (Å²) >= 11 is 1.96. The summed E-state index contributed by atoms with van der Waals surface area (Å²) in [7, 11) is 0. The largest absolute Gasteiger partial charge is 0.378 e. The lowest BCUT2D eigenvalue weighted by atomic mass is 9.92. The molecule has 1 N–H and O–H groups in total. The molecule has 1 aliphatic rings. The summed E-state index contributed by atoms with van der Waals surface area (Å²) in [6.07, 6.45) is 1.53. The molecular weight excluding hydrogens is 254 g/mol. The summed E-state index contributed by atoms with van der Waals surface area (Å²) in [6.45, 7) is 13.2. The van der Waals surface area contributed by atoms with Gasteiger partial charge in [0.05, 0.1) is 6.10 Å². The molecule has 0 spiro atoms. The molecule has 19 heavy (non-hydrogen) atoms. The first-order chi connectivity index (χ1) is 8.93. The molecule has 0 amide bonds. The van der Waals surface area contributed by atoms with Gasteiger partial charge in [-0.15, -0.1) is 11.3 Å². The Hall–Kier alpha value is -0.380. The van der Waals surface area contributed by atoms with Crippen molar-refractivity contribution in [3.05, 3.63) is 21.9 Å². The van der Waals surface area contributed by atoms with Crippen LogP contribution in [0.4, 0.5) is 0 Å². The number of nitrogens with one attached hydrogen (secondary N) is 1. The van der Waals surface area contributed by atoms with Crippen LogP contribution in [-0.4, -0.2) is 19.3 Å². The number of ether oxygens (including phenoxy) is 1. The van der Waals surface area contributed by atoms with E-state index in [0.29, 0.717) is 18.1 Å². The molecule has 0 bridgehead atoms. The Morgan fingerprint density at radius 1 is 1.42 bits per heavy atom. The van der Waals surface area contributed by atoms with E-state index in [1.165, 1.54) is 16.2 Å². The molecule has 3 heteroatoms. The predicted octanol–water partition coefficient (Wildman–Crippen LogP) is 4.12. The van der Waals surface area contributed by atoms with Gasteiger partial charge in [-0.3, -0.25) is 0 Å². The van der Waals surface area contributed by atoms with Crippen molar-refractivity contribution in [2.45, 2.75) is 58.6 Å². The molecule has 2 rings (SSSR count). The smallest absolute Gasteiger partial charge is 0.0594 e. The fourth-order valence-electron chi connectivity index (χ4n) is 2.79. The summed E-state index contributed by atoms with van der Waals surface area (Å²) in [5.41, 5.74) is 0.247. The van der Waals surface area contributed by atoms with E-state index in [1.807, 2.05) is 11.3 Å². The van der Waals surface area contributed by atoms with Crippen LogP contribution in [0.1, 0.15) is 56.8 Å². The molecule has 0 aromatic carbocycles. The topological polar surface area (TPSA) is 21.3 Å². The summed E-state index contributed by atoms with van der Waals surface area (Å²) in [4.78, 5) is 2.94. The van der Waals surface area contributed by atoms with E-state index in [0.717, 1.165) is 13.2 Å². The highest BCUT2D eigenvalue weighted by atomic mass is 32.1. The second-order valence-electron chi connectivity index (χ2n) is 6.52. The van der Waals surface area contributed by atoms with Crippen molar-refractivity contribution in [2.24, 2.45) is 5.92 Å². The fourth-order valence-corrected chi connectivity index (χ4v) is 4.01. The van der Waals surface area contributed by atoms with Crippen molar-refractivity contribution >= 4 is 11.3 Å². The van der Waals surface area contributed by atoms with Crippen molar-refractivity contribution < 1.29 is 4.74 Å². The van der Waals surface area contributed by atoms with E-state index in [2.05, 4.69) is 52.1 Å². The Labute approximate surface area is 121 Å². The summed E-state index contributed by atoms with van der Waals surface area (Å²) in [5.74, 6) is 0.603. The summed E-state index contributed by atoms with van der Waals surface area (Å²) in [6, 6.07) is 5.05. The predicted molar refractivity (Wildman–Crippen MR) is 83.0 cm³/mol. The molecule has 2 nitrogen and oxygen atoms in total. The van der Waals surface area contributed by atoms with Gasteiger partial charge in [-0.2, -0.15) is 0 Å². The molecule has 1 aliphatic heterocycles. The quantitative estimate of drug-likeness (QED) is 0.896. The first-order valence-electron chi connectivity index (χ1n) is 7.38. The van der Waals surface area contributed by atoms with Crippen molar-refractivity contribution in [1.82, 2.24) is 5.32 Å². The van der Waals surface area contributed by atoms with Gasteiger partial charge >= 0.3 is 0 Å². The molecule has 3 atom stereocenters. The molecule has 2 heterocycles. The molecular formula is C16H27NOS. The Kier molecular flexibility index (Phi) is 4.70. The van der Waals surface area contributed by atoms with E-state index in [1.54, 1.807) is 0 Å². The van der Waals surface area contributed by atoms with Gasteiger partial charge in [0.25, 0.3) is 0 Å². The Bertz CT molecular complexity index is 407. The molecule has 3 unspecified atom stereocenters. The van der Waals surface area contributed by atoms with Gasteiger partial charge in [0.1, 0.15) is 0 Å². The second kappa shape index (κ2) is 5.94. The number of hydrogen-bond acceptors (Lipinski definition) is 3. The average molecular weight is 281 g/mol. The van der Waals surface area contributed by atoms with E-state index in [4.69, 9.17) is 4.74 Å². The highest BCUT2D eigenvalue weighted by Crippen LogP contribution is 2.38. The Morgan fingerprint density at radius 3 is 2.63 bits per heavy atom. The van der Waals surface area contributed by atoms with Crippen LogP contribution in [0.15, 0.2) is 12.1 Å². The van der Waals surface area contributed by atoms with Crippen LogP contribution in [0.2, 0.25) is 0 Å². The van der Waals surface area contributed by atoms with Gasteiger partial charge in [-0.25, -0.2) is 0 Å². The SMILES string of the molecule is CCNC(c1ccc(C(C)(C)C)s1)C1CCOC1C. The van der Waals surface area contributed by atoms with Crippen molar-refractivity contribution in [2.75, 3.05) is 13.2 Å². The Morgan fingerprint density at radius 2 is 2.16 bits per heavy atom. The van der Waals surface area contributed by atoms with Crippen LogP contribution >= 0.6 is 11.3 Å². The molecule has 0 aliphatic carbocycles. The van der Waals surface area contributed by atoms with Gasteiger partial charge in [-0.1, -0.05) is 27.7 Å². The lowest BCUT2D eigenvalue weighted by Gasteiger charge is -2.26. The highest BCUT2D eigenvalue weighted by Gasteiger charge is 2.33. The van der Waals surface area contributed by atoms with Crippen LogP contribution < -0.4 is 5.32 Å². The molecule has 0 radical (unpaired) electrons. The third-order valence-corrected chi connectivity index (χ3v) is 5.55. The van der Waals surface area contributed by atoms with Gasteiger partial charge in [0.15, 0.2) is 0 Å². The fraction of sp³-hybridized carbons (Fsp3) is 0.750. The van der Waals surface area contributed by atoms with E-state index in [9.17, 15) is 0 Å². The highest BCUT2D eigenvalue weighted by molar-refractivity contribution is 7.12. The normalized spacial score (nSPS) is 25.7. The standard InChI is InChI=1S/C16H27NOS/c1-6-17-15(12-9-10-18-11(12)2)13-7-8-14(19-13)16(3,4)5/h7-8,11-12,15,17H,6,9-10H2,1-5H3. The zero-order chi connectivity index (χ0) is 14.0. The lowest BCUT2D eigenvalue weighted by Crippen LogP contribution is -2.31. The molecule has 0 saturated carbocycles. The Balaban J connectivity index is 2.21. The van der Waals surface area contributed by atoms with Crippen molar-refractivity contribution in [3.8, 4) is 0 Å². The minimum atomic E-state index is 0.247. The molecule has 1 aromatic heterocycles. The zero-order valence-corrected chi connectivity index (χ0v) is 13.6. The third kappa shape index (κ3) is 3.39. The van der Waals surface area contributed by atoms with Gasteiger partial charge < -0.3 is 10.1 Å². The minimum absolute atomic E-state index is 0.247. The van der Waals surface area contributed by atoms with Crippen LogP contribution in [0.5, 0.6) is 0 Å². The second-order valence-corrected chi connectivity index (χ2v) is 7.63. The maximum absolute atomic E-state index is 5.75. The number of hydrogen-bond donors (Lipinski definition) is 1.